The van der Waals surface area contributed by atoms with Crippen molar-refractivity contribution in [2.75, 3.05) is 28.8 Å². The van der Waals surface area contributed by atoms with E-state index in [9.17, 15) is 4.79 Å². The molecule has 1 unspecified atom stereocenters. The normalized spacial score (nSPS) is 20.4. The summed E-state index contributed by atoms with van der Waals surface area (Å²) in [5.74, 6) is 1.31. The highest BCUT2D eigenvalue weighted by Gasteiger charge is 2.31. The molecule has 0 radical (unpaired) electrons. The molecule has 0 saturated carbocycles. The van der Waals surface area contributed by atoms with Gasteiger partial charge in [-0.15, -0.1) is 11.6 Å². The summed E-state index contributed by atoms with van der Waals surface area (Å²) in [5, 5.41) is 0. The molecule has 1 aromatic heterocycles. The van der Waals surface area contributed by atoms with Gasteiger partial charge in [-0.2, -0.15) is 9.97 Å². The molecule has 2 heterocycles. The van der Waals surface area contributed by atoms with Crippen LogP contribution in [0.3, 0.4) is 0 Å². The number of alkyl halides is 1. The van der Waals surface area contributed by atoms with Gasteiger partial charge >= 0.3 is 0 Å². The number of hydrogen-bond donors (Lipinski definition) is 2. The predicted molar refractivity (Wildman–Crippen MR) is 62.0 cm³/mol. The fourth-order valence-corrected chi connectivity index (χ4v) is 1.88. The molecule has 86 valence electrons. The Hall–Kier alpha value is -1.56. The number of carbonyl (C=O) groups is 1. The standard InChI is InChI=1S/C9H12ClN5O/c10-3-5-1-8(16)15(4-5)9-13-6(11)2-7(12)14-9/h2,5H,1,3-4H2,(H4,11,12,13,14). The van der Waals surface area contributed by atoms with Crippen molar-refractivity contribution in [3.05, 3.63) is 6.07 Å². The monoisotopic (exact) mass is 241 g/mol. The molecule has 16 heavy (non-hydrogen) atoms. The lowest BCUT2D eigenvalue weighted by Crippen LogP contribution is -2.27. The number of nitrogens with zero attached hydrogens (tertiary/aromatic N) is 3. The van der Waals surface area contributed by atoms with Crippen LogP contribution in [0.4, 0.5) is 17.6 Å². The van der Waals surface area contributed by atoms with Gasteiger partial charge in [0.05, 0.1) is 0 Å². The minimum absolute atomic E-state index is 0.0457. The molecule has 1 saturated heterocycles. The van der Waals surface area contributed by atoms with Crippen molar-refractivity contribution in [3.63, 3.8) is 0 Å². The van der Waals surface area contributed by atoms with Gasteiger partial charge in [0.1, 0.15) is 11.6 Å². The Balaban J connectivity index is 2.27. The molecular formula is C9H12ClN5O. The van der Waals surface area contributed by atoms with Gasteiger partial charge in [-0.25, -0.2) is 0 Å². The van der Waals surface area contributed by atoms with E-state index < -0.39 is 0 Å². The van der Waals surface area contributed by atoms with Crippen LogP contribution in [0.5, 0.6) is 0 Å². The maximum absolute atomic E-state index is 11.7. The van der Waals surface area contributed by atoms with Crippen LogP contribution in [0, 0.1) is 5.92 Å². The summed E-state index contributed by atoms with van der Waals surface area (Å²) < 4.78 is 0. The Morgan fingerprint density at radius 3 is 2.56 bits per heavy atom. The molecule has 0 spiro atoms. The second-order valence-electron chi connectivity index (χ2n) is 3.75. The third-order valence-corrected chi connectivity index (χ3v) is 2.86. The van der Waals surface area contributed by atoms with Crippen LogP contribution in [0.1, 0.15) is 6.42 Å². The van der Waals surface area contributed by atoms with Crippen molar-refractivity contribution < 1.29 is 4.79 Å². The van der Waals surface area contributed by atoms with Crippen LogP contribution in [-0.2, 0) is 4.79 Å². The lowest BCUT2D eigenvalue weighted by Gasteiger charge is -2.14. The van der Waals surface area contributed by atoms with E-state index in [1.54, 1.807) is 0 Å². The van der Waals surface area contributed by atoms with E-state index in [1.807, 2.05) is 0 Å². The highest BCUT2D eigenvalue weighted by atomic mass is 35.5. The number of nitrogens with two attached hydrogens (primary N) is 2. The Labute approximate surface area is 97.6 Å². The van der Waals surface area contributed by atoms with Gasteiger partial charge in [-0.05, 0) is 5.92 Å². The fourth-order valence-electron chi connectivity index (χ4n) is 1.67. The van der Waals surface area contributed by atoms with Crippen LogP contribution in [-0.4, -0.2) is 28.3 Å². The van der Waals surface area contributed by atoms with Crippen molar-refractivity contribution in [2.24, 2.45) is 5.92 Å². The minimum atomic E-state index is -0.0457. The number of halogens is 1. The number of amides is 1. The molecule has 1 aliphatic rings. The first-order valence-corrected chi connectivity index (χ1v) is 5.40. The third kappa shape index (κ3) is 2.01. The number of carbonyl (C=O) groups excluding carboxylic acids is 1. The highest BCUT2D eigenvalue weighted by Crippen LogP contribution is 2.24. The van der Waals surface area contributed by atoms with Gasteiger partial charge in [0, 0.05) is 24.9 Å². The molecule has 1 amide bonds. The molecule has 1 aliphatic heterocycles. The van der Waals surface area contributed by atoms with Gasteiger partial charge < -0.3 is 11.5 Å². The number of rotatable bonds is 2. The average molecular weight is 242 g/mol. The molecule has 0 aromatic carbocycles. The Bertz CT molecular complexity index is 404. The second kappa shape index (κ2) is 4.13. The quantitative estimate of drug-likeness (QED) is 0.723. The van der Waals surface area contributed by atoms with Crippen molar-refractivity contribution in [1.29, 1.82) is 0 Å². The average Bonchev–Trinajstić information content (AvgIpc) is 2.58. The lowest BCUT2D eigenvalue weighted by molar-refractivity contribution is -0.117. The second-order valence-corrected chi connectivity index (χ2v) is 4.06. The van der Waals surface area contributed by atoms with Gasteiger partial charge in [0.2, 0.25) is 11.9 Å². The van der Waals surface area contributed by atoms with Gasteiger partial charge in [0.25, 0.3) is 0 Å². The summed E-state index contributed by atoms with van der Waals surface area (Å²) >= 11 is 5.72. The summed E-state index contributed by atoms with van der Waals surface area (Å²) in [6, 6.07) is 1.45. The zero-order valence-electron chi connectivity index (χ0n) is 8.56. The first kappa shape index (κ1) is 10.9. The summed E-state index contributed by atoms with van der Waals surface area (Å²) in [6.07, 6.45) is 0.418. The highest BCUT2D eigenvalue weighted by molar-refractivity contribution is 6.18. The summed E-state index contributed by atoms with van der Waals surface area (Å²) in [5.41, 5.74) is 11.1. The van der Waals surface area contributed by atoms with E-state index in [2.05, 4.69) is 9.97 Å². The molecule has 0 aliphatic carbocycles. The largest absolute Gasteiger partial charge is 0.383 e. The maximum atomic E-state index is 11.7. The van der Waals surface area contributed by atoms with Gasteiger partial charge in [0.15, 0.2) is 0 Å². The number of hydrogen-bond acceptors (Lipinski definition) is 5. The molecule has 1 fully saturated rings. The van der Waals surface area contributed by atoms with Crippen molar-refractivity contribution >= 4 is 35.1 Å². The number of nitrogen functional groups attached to an aromatic ring is 2. The molecular weight excluding hydrogens is 230 g/mol. The predicted octanol–water partition coefficient (Wildman–Crippen LogP) is 0.233. The fraction of sp³-hybridized carbons (Fsp3) is 0.444. The molecule has 1 aromatic rings. The van der Waals surface area contributed by atoms with E-state index in [-0.39, 0.29) is 29.4 Å². The minimum Gasteiger partial charge on any atom is -0.383 e. The first-order chi connectivity index (χ1) is 7.60. The van der Waals surface area contributed by atoms with Crippen LogP contribution in [0.2, 0.25) is 0 Å². The van der Waals surface area contributed by atoms with E-state index >= 15 is 0 Å². The Morgan fingerprint density at radius 1 is 1.44 bits per heavy atom. The summed E-state index contributed by atoms with van der Waals surface area (Å²) in [7, 11) is 0. The molecule has 2 rings (SSSR count). The summed E-state index contributed by atoms with van der Waals surface area (Å²) in [4.78, 5) is 21.1. The topological polar surface area (TPSA) is 98.1 Å². The van der Waals surface area contributed by atoms with Crippen molar-refractivity contribution in [2.45, 2.75) is 6.42 Å². The van der Waals surface area contributed by atoms with Crippen molar-refractivity contribution in [1.82, 2.24) is 9.97 Å². The van der Waals surface area contributed by atoms with Crippen LogP contribution >= 0.6 is 11.6 Å². The first-order valence-electron chi connectivity index (χ1n) is 4.86. The van der Waals surface area contributed by atoms with Crippen LogP contribution in [0.25, 0.3) is 0 Å². The zero-order chi connectivity index (χ0) is 11.7. The number of anilines is 3. The van der Waals surface area contributed by atoms with Crippen LogP contribution in [0.15, 0.2) is 6.07 Å². The molecule has 7 heteroatoms. The summed E-state index contributed by atoms with van der Waals surface area (Å²) in [6.45, 7) is 0.519. The van der Waals surface area contributed by atoms with E-state index in [1.165, 1.54) is 11.0 Å². The number of aromatic nitrogens is 2. The molecule has 4 N–H and O–H groups in total. The van der Waals surface area contributed by atoms with E-state index in [0.717, 1.165) is 0 Å². The molecule has 0 bridgehead atoms. The van der Waals surface area contributed by atoms with Gasteiger partial charge in [-0.3, -0.25) is 9.69 Å². The lowest BCUT2D eigenvalue weighted by atomic mass is 10.2. The van der Waals surface area contributed by atoms with Crippen molar-refractivity contribution in [3.8, 4) is 0 Å². The zero-order valence-corrected chi connectivity index (χ0v) is 9.31. The van der Waals surface area contributed by atoms with Gasteiger partial charge in [-0.1, -0.05) is 0 Å². The maximum Gasteiger partial charge on any atom is 0.236 e. The Morgan fingerprint density at radius 2 is 2.06 bits per heavy atom. The molecule has 1 atom stereocenters. The van der Waals surface area contributed by atoms with E-state index in [4.69, 9.17) is 23.1 Å². The SMILES string of the molecule is Nc1cc(N)nc(N2CC(CCl)CC2=O)n1. The molecule has 6 nitrogen and oxygen atoms in total. The van der Waals surface area contributed by atoms with Crippen LogP contribution < -0.4 is 16.4 Å². The Kier molecular flexibility index (Phi) is 2.82. The van der Waals surface area contributed by atoms with E-state index in [0.29, 0.717) is 18.8 Å². The third-order valence-electron chi connectivity index (χ3n) is 2.42. The smallest absolute Gasteiger partial charge is 0.236 e.